The number of aliphatic carboxylic acids is 1. The van der Waals surface area contributed by atoms with Crippen LogP contribution in [0, 0.1) is 16.0 Å². The van der Waals surface area contributed by atoms with Crippen molar-refractivity contribution >= 4 is 23.3 Å². The van der Waals surface area contributed by atoms with Gasteiger partial charge in [0.15, 0.2) is 0 Å². The lowest BCUT2D eigenvalue weighted by Crippen LogP contribution is -2.29. The second-order valence-corrected chi connectivity index (χ2v) is 4.95. The molecule has 8 nitrogen and oxygen atoms in total. The number of nitrogens with one attached hydrogen (secondary N) is 1. The third-order valence-electron chi connectivity index (χ3n) is 3.02. The molecule has 21 heavy (non-hydrogen) atoms. The molecule has 0 aromatic heterocycles. The minimum absolute atomic E-state index is 0.0200. The van der Waals surface area contributed by atoms with Gasteiger partial charge in [-0.3, -0.25) is 19.7 Å². The van der Waals surface area contributed by atoms with E-state index in [2.05, 4.69) is 5.32 Å². The van der Waals surface area contributed by atoms with E-state index in [0.29, 0.717) is 0 Å². The van der Waals surface area contributed by atoms with Crippen LogP contribution in [0.3, 0.4) is 0 Å². The molecule has 0 radical (unpaired) electrons. The Hall–Kier alpha value is -2.64. The first kappa shape index (κ1) is 16.4. The predicted octanol–water partition coefficient (Wildman–Crippen LogP) is 1.60. The van der Waals surface area contributed by atoms with Crippen LogP contribution in [-0.2, 0) is 4.79 Å². The molecule has 1 aromatic carbocycles. The number of carbonyl (C=O) groups is 2. The molecule has 1 unspecified atom stereocenters. The summed E-state index contributed by atoms with van der Waals surface area (Å²) < 4.78 is 0. The third-order valence-corrected chi connectivity index (χ3v) is 3.02. The van der Waals surface area contributed by atoms with Gasteiger partial charge >= 0.3 is 5.97 Å². The normalized spacial score (nSPS) is 12.0. The average Bonchev–Trinajstić information content (AvgIpc) is 2.37. The van der Waals surface area contributed by atoms with E-state index in [1.54, 1.807) is 0 Å². The lowest BCUT2D eigenvalue weighted by molar-refractivity contribution is -0.384. The lowest BCUT2D eigenvalue weighted by Gasteiger charge is -2.21. The molecule has 4 N–H and O–H groups in total. The maximum absolute atomic E-state index is 11.1. The SMILES string of the molecule is CC(C)C(CC(=O)O)Nc1ccc(C(N)=O)cc1[N+](=O)[O-]. The quantitative estimate of drug-likeness (QED) is 0.516. The van der Waals surface area contributed by atoms with Crippen molar-refractivity contribution < 1.29 is 19.6 Å². The Balaban J connectivity index is 3.13. The zero-order chi connectivity index (χ0) is 16.2. The Kier molecular flexibility index (Phi) is 5.23. The van der Waals surface area contributed by atoms with E-state index in [1.807, 2.05) is 13.8 Å². The monoisotopic (exact) mass is 295 g/mol. The number of amides is 1. The number of carboxylic acid groups (broad SMARTS) is 1. The van der Waals surface area contributed by atoms with Gasteiger partial charge in [-0.1, -0.05) is 13.8 Å². The van der Waals surface area contributed by atoms with Gasteiger partial charge in [-0.2, -0.15) is 0 Å². The number of nitrogens with two attached hydrogens (primary N) is 1. The highest BCUT2D eigenvalue weighted by atomic mass is 16.6. The topological polar surface area (TPSA) is 136 Å². The number of carboxylic acids is 1. The molecule has 0 heterocycles. The molecule has 0 saturated carbocycles. The van der Waals surface area contributed by atoms with Crippen LogP contribution in [0.1, 0.15) is 30.6 Å². The van der Waals surface area contributed by atoms with E-state index < -0.39 is 22.8 Å². The van der Waals surface area contributed by atoms with Gasteiger partial charge in [0.2, 0.25) is 5.91 Å². The molecule has 0 aliphatic heterocycles. The third kappa shape index (κ3) is 4.44. The summed E-state index contributed by atoms with van der Waals surface area (Å²) in [6.07, 6.45) is -0.174. The number of hydrogen-bond acceptors (Lipinski definition) is 5. The Bertz CT molecular complexity index is 571. The predicted molar refractivity (Wildman–Crippen MR) is 76.1 cm³/mol. The van der Waals surface area contributed by atoms with Gasteiger partial charge in [0.25, 0.3) is 5.69 Å². The van der Waals surface area contributed by atoms with Crippen LogP contribution in [0.25, 0.3) is 0 Å². The fourth-order valence-electron chi connectivity index (χ4n) is 1.80. The van der Waals surface area contributed by atoms with Gasteiger partial charge in [0, 0.05) is 17.7 Å². The molecule has 114 valence electrons. The zero-order valence-electron chi connectivity index (χ0n) is 11.7. The summed E-state index contributed by atoms with van der Waals surface area (Å²) in [5.74, 6) is -1.82. The van der Waals surface area contributed by atoms with Gasteiger partial charge < -0.3 is 16.2 Å². The van der Waals surface area contributed by atoms with E-state index >= 15 is 0 Å². The summed E-state index contributed by atoms with van der Waals surface area (Å²) in [6, 6.07) is 3.31. The molecule has 1 aromatic rings. The maximum Gasteiger partial charge on any atom is 0.305 e. The second kappa shape index (κ2) is 6.69. The van der Waals surface area contributed by atoms with Gasteiger partial charge in [0.1, 0.15) is 5.69 Å². The van der Waals surface area contributed by atoms with E-state index in [4.69, 9.17) is 10.8 Å². The number of nitro groups is 1. The van der Waals surface area contributed by atoms with Gasteiger partial charge in [-0.25, -0.2) is 0 Å². The number of rotatable bonds is 7. The summed E-state index contributed by atoms with van der Waals surface area (Å²) in [4.78, 5) is 32.3. The Morgan fingerprint density at radius 3 is 2.48 bits per heavy atom. The minimum atomic E-state index is -1.00. The molecule has 0 aliphatic rings. The fraction of sp³-hybridized carbons (Fsp3) is 0.385. The number of nitro benzene ring substituents is 1. The molecule has 0 aliphatic carbocycles. The van der Waals surface area contributed by atoms with Crippen molar-refractivity contribution in [1.82, 2.24) is 0 Å². The van der Waals surface area contributed by atoms with Crippen LogP contribution in [0.4, 0.5) is 11.4 Å². The molecule has 1 atom stereocenters. The maximum atomic E-state index is 11.1. The highest BCUT2D eigenvalue weighted by Gasteiger charge is 2.22. The van der Waals surface area contributed by atoms with Crippen molar-refractivity contribution in [2.24, 2.45) is 11.7 Å². The first-order valence-electron chi connectivity index (χ1n) is 6.29. The smallest absolute Gasteiger partial charge is 0.305 e. The van der Waals surface area contributed by atoms with E-state index in [-0.39, 0.29) is 29.3 Å². The number of benzene rings is 1. The Morgan fingerprint density at radius 1 is 1.43 bits per heavy atom. The highest BCUT2D eigenvalue weighted by Crippen LogP contribution is 2.27. The molecule has 0 fully saturated rings. The molecule has 8 heteroatoms. The molecule has 1 rings (SSSR count). The lowest BCUT2D eigenvalue weighted by atomic mass is 10.00. The summed E-state index contributed by atoms with van der Waals surface area (Å²) in [5.41, 5.74) is 4.95. The Morgan fingerprint density at radius 2 is 2.05 bits per heavy atom. The average molecular weight is 295 g/mol. The summed E-state index contributed by atoms with van der Waals surface area (Å²) in [5, 5.41) is 22.8. The molecule has 0 saturated heterocycles. The molecular weight excluding hydrogens is 278 g/mol. The van der Waals surface area contributed by atoms with Crippen LogP contribution in [-0.4, -0.2) is 27.9 Å². The largest absolute Gasteiger partial charge is 0.481 e. The van der Waals surface area contributed by atoms with Gasteiger partial charge in [-0.05, 0) is 18.1 Å². The van der Waals surface area contributed by atoms with Crippen LogP contribution >= 0.6 is 0 Å². The molecule has 0 bridgehead atoms. The number of anilines is 1. The Labute approximate surface area is 121 Å². The first-order valence-corrected chi connectivity index (χ1v) is 6.29. The summed E-state index contributed by atoms with van der Waals surface area (Å²) in [6.45, 7) is 3.62. The van der Waals surface area contributed by atoms with Crippen molar-refractivity contribution in [1.29, 1.82) is 0 Å². The van der Waals surface area contributed by atoms with E-state index in [9.17, 15) is 19.7 Å². The fourth-order valence-corrected chi connectivity index (χ4v) is 1.80. The summed E-state index contributed by atoms with van der Waals surface area (Å²) >= 11 is 0. The van der Waals surface area contributed by atoms with Crippen LogP contribution < -0.4 is 11.1 Å². The van der Waals surface area contributed by atoms with Crippen LogP contribution in [0.2, 0.25) is 0 Å². The molecule has 1 amide bonds. The van der Waals surface area contributed by atoms with Crippen molar-refractivity contribution in [3.05, 3.63) is 33.9 Å². The number of hydrogen-bond donors (Lipinski definition) is 3. The highest BCUT2D eigenvalue weighted by molar-refractivity contribution is 5.94. The second-order valence-electron chi connectivity index (χ2n) is 4.95. The van der Waals surface area contributed by atoms with E-state index in [1.165, 1.54) is 12.1 Å². The standard InChI is InChI=1S/C13H17N3O5/c1-7(2)10(6-12(17)18)15-9-4-3-8(13(14)19)5-11(9)16(20)21/h3-5,7,10,15H,6H2,1-2H3,(H2,14,19)(H,17,18). The van der Waals surface area contributed by atoms with E-state index in [0.717, 1.165) is 6.07 Å². The van der Waals surface area contributed by atoms with Crippen LogP contribution in [0.5, 0.6) is 0 Å². The number of nitrogens with zero attached hydrogens (tertiary/aromatic N) is 1. The molecular formula is C13H17N3O5. The minimum Gasteiger partial charge on any atom is -0.481 e. The zero-order valence-corrected chi connectivity index (χ0v) is 11.7. The van der Waals surface area contributed by atoms with Crippen molar-refractivity contribution in [2.45, 2.75) is 26.3 Å². The van der Waals surface area contributed by atoms with Crippen molar-refractivity contribution in [3.63, 3.8) is 0 Å². The van der Waals surface area contributed by atoms with Crippen LogP contribution in [0.15, 0.2) is 18.2 Å². The van der Waals surface area contributed by atoms with Gasteiger partial charge in [-0.15, -0.1) is 0 Å². The first-order chi connectivity index (χ1) is 9.72. The number of primary amides is 1. The number of carbonyl (C=O) groups excluding carboxylic acids is 1. The van der Waals surface area contributed by atoms with Crippen molar-refractivity contribution in [2.75, 3.05) is 5.32 Å². The summed E-state index contributed by atoms with van der Waals surface area (Å²) in [7, 11) is 0. The van der Waals surface area contributed by atoms with Gasteiger partial charge in [0.05, 0.1) is 11.3 Å². The van der Waals surface area contributed by atoms with Crippen molar-refractivity contribution in [3.8, 4) is 0 Å². The molecule has 0 spiro atoms.